The summed E-state index contributed by atoms with van der Waals surface area (Å²) in [6, 6.07) is -0.808. The van der Waals surface area contributed by atoms with Gasteiger partial charge in [0.05, 0.1) is 19.2 Å². The Labute approximate surface area is 115 Å². The fourth-order valence-electron chi connectivity index (χ4n) is 1.42. The maximum atomic E-state index is 10.7. The van der Waals surface area contributed by atoms with Crippen molar-refractivity contribution in [2.75, 3.05) is 7.11 Å². The predicted molar refractivity (Wildman–Crippen MR) is 71.3 cm³/mol. The molecule has 1 aliphatic carbocycles. The number of methoxy groups -OCH3 is 1. The molecule has 0 aromatic heterocycles. The molecule has 0 saturated carbocycles. The molecule has 0 aliphatic heterocycles. The highest BCUT2D eigenvalue weighted by atomic mass is 32.1. The SMILES string of the molecule is COC1=C(NC(=S)NNC(C)=O)C=CC([N+](=O)[O-])C1. The molecule has 0 heterocycles. The van der Waals surface area contributed by atoms with Gasteiger partial charge in [-0.3, -0.25) is 25.8 Å². The topological polar surface area (TPSA) is 106 Å². The largest absolute Gasteiger partial charge is 0.499 e. The Morgan fingerprint density at radius 3 is 2.79 bits per heavy atom. The van der Waals surface area contributed by atoms with Gasteiger partial charge in [0.2, 0.25) is 11.9 Å². The number of amides is 1. The zero-order valence-corrected chi connectivity index (χ0v) is 11.2. The Morgan fingerprint density at radius 1 is 1.58 bits per heavy atom. The molecular weight excluding hydrogens is 272 g/mol. The van der Waals surface area contributed by atoms with E-state index in [1.807, 2.05) is 0 Å². The third-order valence-electron chi connectivity index (χ3n) is 2.30. The molecule has 0 fully saturated rings. The Bertz CT molecular complexity index is 460. The summed E-state index contributed by atoms with van der Waals surface area (Å²) in [5.74, 6) is 0.133. The van der Waals surface area contributed by atoms with Gasteiger partial charge in [-0.05, 0) is 24.4 Å². The zero-order valence-electron chi connectivity index (χ0n) is 10.4. The van der Waals surface area contributed by atoms with Gasteiger partial charge in [-0.1, -0.05) is 0 Å². The predicted octanol–water partition coefficient (Wildman–Crippen LogP) is -0.0352. The van der Waals surface area contributed by atoms with E-state index in [4.69, 9.17) is 17.0 Å². The van der Waals surface area contributed by atoms with Crippen molar-refractivity contribution in [2.24, 2.45) is 0 Å². The Hall–Kier alpha value is -2.16. The van der Waals surface area contributed by atoms with Gasteiger partial charge in [-0.25, -0.2) is 0 Å². The van der Waals surface area contributed by atoms with Crippen LogP contribution in [-0.2, 0) is 9.53 Å². The van der Waals surface area contributed by atoms with Gasteiger partial charge in [-0.2, -0.15) is 0 Å². The van der Waals surface area contributed by atoms with E-state index in [0.717, 1.165) is 0 Å². The minimum atomic E-state index is -0.808. The lowest BCUT2D eigenvalue weighted by Gasteiger charge is -2.19. The molecule has 1 amide bonds. The second-order valence-electron chi connectivity index (χ2n) is 3.72. The monoisotopic (exact) mass is 286 g/mol. The third-order valence-corrected chi connectivity index (χ3v) is 2.50. The Morgan fingerprint density at radius 2 is 2.26 bits per heavy atom. The number of hydrazine groups is 1. The lowest BCUT2D eigenvalue weighted by Crippen LogP contribution is -2.46. The molecule has 1 unspecified atom stereocenters. The number of carbonyl (C=O) groups is 1. The number of nitrogens with one attached hydrogen (secondary N) is 3. The molecule has 9 heteroatoms. The summed E-state index contributed by atoms with van der Waals surface area (Å²) >= 11 is 4.94. The number of ether oxygens (including phenoxy) is 1. The molecule has 0 saturated heterocycles. The first kappa shape index (κ1) is 14.9. The summed E-state index contributed by atoms with van der Waals surface area (Å²) in [5, 5.41) is 13.6. The second kappa shape index (κ2) is 6.69. The van der Waals surface area contributed by atoms with E-state index in [1.54, 1.807) is 0 Å². The number of hydrogen-bond donors (Lipinski definition) is 3. The molecule has 104 valence electrons. The van der Waals surface area contributed by atoms with E-state index in [0.29, 0.717) is 11.5 Å². The van der Waals surface area contributed by atoms with Crippen LogP contribution in [-0.4, -0.2) is 29.1 Å². The molecule has 0 aromatic rings. The summed E-state index contributed by atoms with van der Waals surface area (Å²) in [6.07, 6.45) is 3.12. The maximum Gasteiger partial charge on any atom is 0.238 e. The lowest BCUT2D eigenvalue weighted by atomic mass is 10.1. The molecule has 0 aromatic carbocycles. The van der Waals surface area contributed by atoms with Gasteiger partial charge in [0.25, 0.3) is 0 Å². The highest BCUT2D eigenvalue weighted by Gasteiger charge is 2.25. The van der Waals surface area contributed by atoms with Crippen LogP contribution in [0.2, 0.25) is 0 Å². The molecule has 0 bridgehead atoms. The molecular formula is C10H14N4O4S. The van der Waals surface area contributed by atoms with Crippen molar-refractivity contribution >= 4 is 23.2 Å². The van der Waals surface area contributed by atoms with Crippen molar-refractivity contribution < 1.29 is 14.5 Å². The summed E-state index contributed by atoms with van der Waals surface area (Å²) in [4.78, 5) is 21.0. The van der Waals surface area contributed by atoms with Gasteiger partial charge in [-0.15, -0.1) is 0 Å². The number of allylic oxidation sites excluding steroid dienone is 1. The number of nitrogens with zero attached hydrogens (tertiary/aromatic N) is 1. The average Bonchev–Trinajstić information content (AvgIpc) is 2.36. The fourth-order valence-corrected chi connectivity index (χ4v) is 1.58. The molecule has 19 heavy (non-hydrogen) atoms. The van der Waals surface area contributed by atoms with Gasteiger partial charge < -0.3 is 10.1 Å². The molecule has 0 radical (unpaired) electrons. The number of nitro groups is 1. The van der Waals surface area contributed by atoms with Crippen molar-refractivity contribution in [1.29, 1.82) is 0 Å². The van der Waals surface area contributed by atoms with E-state index >= 15 is 0 Å². The Balaban J connectivity index is 2.66. The van der Waals surface area contributed by atoms with Crippen LogP contribution >= 0.6 is 12.2 Å². The first-order chi connectivity index (χ1) is 8.93. The first-order valence-corrected chi connectivity index (χ1v) is 5.77. The van der Waals surface area contributed by atoms with Crippen LogP contribution in [0, 0.1) is 10.1 Å². The van der Waals surface area contributed by atoms with Crippen LogP contribution in [0.1, 0.15) is 13.3 Å². The van der Waals surface area contributed by atoms with Gasteiger partial charge >= 0.3 is 0 Å². The van der Waals surface area contributed by atoms with Crippen molar-refractivity contribution in [1.82, 2.24) is 16.2 Å². The highest BCUT2D eigenvalue weighted by Crippen LogP contribution is 2.19. The summed E-state index contributed by atoms with van der Waals surface area (Å²) in [6.45, 7) is 1.33. The van der Waals surface area contributed by atoms with Gasteiger partial charge in [0, 0.05) is 11.8 Å². The fraction of sp³-hybridized carbons (Fsp3) is 0.400. The molecule has 3 N–H and O–H groups in total. The number of rotatable bonds is 3. The standard InChI is InChI=1S/C10H14N4O4S/c1-6(15)12-13-10(19)11-8-4-3-7(14(16)17)5-9(8)18-2/h3-4,7H,5H2,1-2H3,(H,12,15)(H2,11,13,19). The number of thiocarbonyl (C=S) groups is 1. The lowest BCUT2D eigenvalue weighted by molar-refractivity contribution is -0.509. The maximum absolute atomic E-state index is 10.7. The van der Waals surface area contributed by atoms with Crippen LogP contribution in [0.25, 0.3) is 0 Å². The van der Waals surface area contributed by atoms with E-state index < -0.39 is 6.04 Å². The summed E-state index contributed by atoms with van der Waals surface area (Å²) < 4.78 is 5.10. The molecule has 1 rings (SSSR count). The normalized spacial score (nSPS) is 17.7. The average molecular weight is 286 g/mol. The van der Waals surface area contributed by atoms with Crippen molar-refractivity contribution in [3.63, 3.8) is 0 Å². The van der Waals surface area contributed by atoms with Gasteiger partial charge in [0.1, 0.15) is 5.76 Å². The third kappa shape index (κ3) is 4.54. The highest BCUT2D eigenvalue weighted by molar-refractivity contribution is 7.80. The number of carbonyl (C=O) groups excluding carboxylic acids is 1. The minimum absolute atomic E-state index is 0.144. The smallest absolute Gasteiger partial charge is 0.238 e. The van der Waals surface area contributed by atoms with E-state index in [-0.39, 0.29) is 22.4 Å². The molecule has 8 nitrogen and oxygen atoms in total. The Kier molecular flexibility index (Phi) is 5.24. The molecule has 1 aliphatic rings. The summed E-state index contributed by atoms with van der Waals surface area (Å²) in [7, 11) is 1.43. The minimum Gasteiger partial charge on any atom is -0.499 e. The van der Waals surface area contributed by atoms with E-state index in [1.165, 1.54) is 26.2 Å². The van der Waals surface area contributed by atoms with Crippen molar-refractivity contribution in [3.05, 3.63) is 33.7 Å². The van der Waals surface area contributed by atoms with Crippen LogP contribution in [0.5, 0.6) is 0 Å². The molecule has 0 spiro atoms. The summed E-state index contributed by atoms with van der Waals surface area (Å²) in [5.41, 5.74) is 5.29. The van der Waals surface area contributed by atoms with Crippen molar-refractivity contribution in [3.8, 4) is 0 Å². The van der Waals surface area contributed by atoms with Gasteiger partial charge in [0.15, 0.2) is 5.11 Å². The zero-order chi connectivity index (χ0) is 14.4. The van der Waals surface area contributed by atoms with Crippen LogP contribution in [0.3, 0.4) is 0 Å². The van der Waals surface area contributed by atoms with E-state index in [9.17, 15) is 14.9 Å². The van der Waals surface area contributed by atoms with E-state index in [2.05, 4.69) is 16.2 Å². The first-order valence-electron chi connectivity index (χ1n) is 5.36. The molecule has 1 atom stereocenters. The van der Waals surface area contributed by atoms with Crippen LogP contribution in [0.15, 0.2) is 23.6 Å². The van der Waals surface area contributed by atoms with Crippen molar-refractivity contribution in [2.45, 2.75) is 19.4 Å². The number of hydrogen-bond acceptors (Lipinski definition) is 5. The second-order valence-corrected chi connectivity index (χ2v) is 4.13. The van der Waals surface area contributed by atoms with Crippen LogP contribution in [0.4, 0.5) is 0 Å². The van der Waals surface area contributed by atoms with Crippen LogP contribution < -0.4 is 16.2 Å². The quantitative estimate of drug-likeness (QED) is 0.380.